The van der Waals surface area contributed by atoms with Crippen molar-refractivity contribution in [2.45, 2.75) is 19.3 Å². The number of thiol groups is 2. The van der Waals surface area contributed by atoms with Crippen molar-refractivity contribution in [3.63, 3.8) is 0 Å². The summed E-state index contributed by atoms with van der Waals surface area (Å²) in [6.07, 6.45) is 2.81. The van der Waals surface area contributed by atoms with Crippen molar-refractivity contribution in [2.24, 2.45) is 0 Å². The van der Waals surface area contributed by atoms with Crippen molar-refractivity contribution in [2.75, 3.05) is 13.1 Å². The fraction of sp³-hybridized carbons (Fsp3) is 0.833. The van der Waals surface area contributed by atoms with Gasteiger partial charge in [-0.2, -0.15) is 3.71 Å². The van der Waals surface area contributed by atoms with Gasteiger partial charge in [-0.05, 0) is 38.5 Å². The first kappa shape index (κ1) is 14.6. The molecule has 1 rings (SSSR count). The topological polar surface area (TPSA) is 32.8 Å². The first-order chi connectivity index (χ1) is 5.70. The van der Waals surface area contributed by atoms with Gasteiger partial charge in [-0.25, -0.2) is 4.79 Å². The number of piperidine rings is 1. The van der Waals surface area contributed by atoms with E-state index in [1.165, 1.54) is 6.42 Å². The van der Waals surface area contributed by atoms with Gasteiger partial charge in [0.05, 0.1) is 0 Å². The molecule has 1 heterocycles. The Morgan fingerprint density at radius 1 is 1.31 bits per heavy atom. The number of hydrogen-bond acceptors (Lipinski definition) is 5. The van der Waals surface area contributed by atoms with Crippen LogP contribution in [-0.4, -0.2) is 28.0 Å². The van der Waals surface area contributed by atoms with E-state index in [4.69, 9.17) is 4.84 Å². The van der Waals surface area contributed by atoms with Gasteiger partial charge in [-0.3, -0.25) is 0 Å². The van der Waals surface area contributed by atoms with Gasteiger partial charge in [0.15, 0.2) is 0 Å². The van der Waals surface area contributed by atoms with E-state index in [-0.39, 0.29) is 52.8 Å². The molecule has 1 fully saturated rings. The molecule has 0 saturated carbocycles. The third kappa shape index (κ3) is 5.88. The largest absolute Gasteiger partial charge is 1.00 e. The maximum absolute atomic E-state index is 10.9. The van der Waals surface area contributed by atoms with Crippen LogP contribution in [0.4, 0.5) is 4.79 Å². The third-order valence-electron chi connectivity index (χ3n) is 1.69. The molecule has 0 N–H and O–H groups in total. The zero-order valence-electron chi connectivity index (χ0n) is 8.64. The van der Waals surface area contributed by atoms with Crippen molar-refractivity contribution >= 4 is 31.7 Å². The minimum Gasteiger partial charge on any atom is -1.00 e. The summed E-state index contributed by atoms with van der Waals surface area (Å²) in [5, 5.41) is 1.64. The van der Waals surface area contributed by atoms with Crippen LogP contribution >= 0.6 is 25.6 Å². The van der Waals surface area contributed by atoms with E-state index in [1.54, 1.807) is 5.06 Å². The van der Waals surface area contributed by atoms with Crippen LogP contribution in [0.25, 0.3) is 0 Å². The number of nitrogens with zero attached hydrogens (tertiary/aromatic N) is 2. The third-order valence-corrected chi connectivity index (χ3v) is 2.01. The van der Waals surface area contributed by atoms with Crippen LogP contribution in [0, 0.1) is 0 Å². The Labute approximate surface area is 133 Å². The van der Waals surface area contributed by atoms with Crippen LogP contribution in [-0.2, 0) is 4.84 Å². The zero-order chi connectivity index (χ0) is 8.97. The second-order valence-corrected chi connectivity index (χ2v) is 3.75. The predicted octanol–water partition coefficient (Wildman–Crippen LogP) is -1.37. The Balaban J connectivity index is 0. The van der Waals surface area contributed by atoms with Crippen LogP contribution in [0.2, 0.25) is 0 Å². The number of carbonyl (C=O) groups is 1. The monoisotopic (exact) mass is 248 g/mol. The summed E-state index contributed by atoms with van der Waals surface area (Å²) < 4.78 is 0.828. The van der Waals surface area contributed by atoms with Gasteiger partial charge < -0.3 is 6.26 Å². The number of amides is 1. The van der Waals surface area contributed by atoms with Crippen molar-refractivity contribution < 1.29 is 62.4 Å². The molecule has 1 aliphatic rings. The van der Waals surface area contributed by atoms with Gasteiger partial charge in [0.25, 0.3) is 0 Å². The Morgan fingerprint density at radius 2 is 1.85 bits per heavy atom. The molecule has 0 unspecified atom stereocenters. The SMILES string of the molecule is O=C(ON1CCCCC1)N(S)S.[H-].[K+]. The zero-order valence-corrected chi connectivity index (χ0v) is 12.6. The van der Waals surface area contributed by atoms with Gasteiger partial charge in [-0.1, -0.05) is 6.42 Å². The maximum atomic E-state index is 10.9. The summed E-state index contributed by atoms with van der Waals surface area (Å²) in [5.74, 6) is 0. The molecule has 0 aromatic heterocycles. The standard InChI is InChI=1S/C6H12N2O2S2.K.H/c9-6(8(11)12)10-7-4-2-1-3-5-7;;/h11-12H,1-5H2;;/q;+1;-1. The van der Waals surface area contributed by atoms with Crippen molar-refractivity contribution in [3.05, 3.63) is 0 Å². The van der Waals surface area contributed by atoms with Crippen LogP contribution in [0.3, 0.4) is 0 Å². The molecule has 13 heavy (non-hydrogen) atoms. The Morgan fingerprint density at radius 3 is 2.31 bits per heavy atom. The van der Waals surface area contributed by atoms with E-state index >= 15 is 0 Å². The summed E-state index contributed by atoms with van der Waals surface area (Å²) >= 11 is 7.38. The van der Waals surface area contributed by atoms with Crippen molar-refractivity contribution in [1.29, 1.82) is 0 Å². The Hall–Kier alpha value is 1.57. The van der Waals surface area contributed by atoms with Crippen LogP contribution < -0.4 is 51.4 Å². The fourth-order valence-electron chi connectivity index (χ4n) is 1.10. The second-order valence-electron chi connectivity index (χ2n) is 2.64. The normalized spacial score (nSPS) is 17.4. The number of hydroxylamine groups is 2. The molecule has 4 nitrogen and oxygen atoms in total. The Bertz CT molecular complexity index is 170. The predicted molar refractivity (Wildman–Crippen MR) is 52.8 cm³/mol. The van der Waals surface area contributed by atoms with E-state index in [0.29, 0.717) is 0 Å². The molecular weight excluding hydrogens is 235 g/mol. The van der Waals surface area contributed by atoms with Crippen molar-refractivity contribution in [1.82, 2.24) is 8.77 Å². The summed E-state index contributed by atoms with van der Waals surface area (Å²) in [6, 6.07) is 0. The van der Waals surface area contributed by atoms with Crippen molar-refractivity contribution in [3.8, 4) is 0 Å². The van der Waals surface area contributed by atoms with Crippen LogP contribution in [0.1, 0.15) is 20.7 Å². The minimum atomic E-state index is -0.552. The number of carbonyl (C=O) groups excluding carboxylic acids is 1. The smallest absolute Gasteiger partial charge is 1.00 e. The van der Waals surface area contributed by atoms with Gasteiger partial charge in [0.2, 0.25) is 0 Å². The molecule has 1 saturated heterocycles. The fourth-order valence-corrected chi connectivity index (χ4v) is 1.18. The summed E-state index contributed by atoms with van der Waals surface area (Å²) in [4.78, 5) is 15.8. The average Bonchev–Trinajstić information content (AvgIpc) is 2.06. The van der Waals surface area contributed by atoms with E-state index in [9.17, 15) is 4.79 Å². The maximum Gasteiger partial charge on any atom is 1.00 e. The number of rotatable bonds is 1. The first-order valence-corrected chi connectivity index (χ1v) is 4.65. The molecule has 0 bridgehead atoms. The quantitative estimate of drug-likeness (QED) is 0.444. The molecule has 0 atom stereocenters. The van der Waals surface area contributed by atoms with Gasteiger partial charge in [0.1, 0.15) is 0 Å². The molecule has 0 aromatic rings. The van der Waals surface area contributed by atoms with E-state index in [2.05, 4.69) is 25.6 Å². The molecule has 1 aliphatic heterocycles. The van der Waals surface area contributed by atoms with E-state index in [1.807, 2.05) is 0 Å². The number of hydrogen-bond donors (Lipinski definition) is 2. The summed E-state index contributed by atoms with van der Waals surface area (Å²) in [5.41, 5.74) is 0. The Kier molecular flexibility index (Phi) is 8.75. The van der Waals surface area contributed by atoms with E-state index in [0.717, 1.165) is 29.6 Å². The molecule has 0 aliphatic carbocycles. The average molecular weight is 248 g/mol. The molecule has 1 amide bonds. The molecule has 0 aromatic carbocycles. The molecule has 0 spiro atoms. The van der Waals surface area contributed by atoms with Crippen LogP contribution in [0.15, 0.2) is 0 Å². The van der Waals surface area contributed by atoms with Crippen LogP contribution in [0.5, 0.6) is 0 Å². The van der Waals surface area contributed by atoms with Gasteiger partial charge in [0, 0.05) is 13.1 Å². The summed E-state index contributed by atoms with van der Waals surface area (Å²) in [6.45, 7) is 1.61. The first-order valence-electron chi connectivity index (χ1n) is 3.85. The minimum absolute atomic E-state index is 0. The van der Waals surface area contributed by atoms with E-state index < -0.39 is 6.09 Å². The molecule has 7 heteroatoms. The van der Waals surface area contributed by atoms with Gasteiger partial charge in [-0.15, -0.1) is 5.06 Å². The second kappa shape index (κ2) is 7.81. The summed E-state index contributed by atoms with van der Waals surface area (Å²) in [7, 11) is 0. The molecular formula is C6H13KN2O2S2. The van der Waals surface area contributed by atoms with Gasteiger partial charge >= 0.3 is 57.5 Å². The molecule has 0 radical (unpaired) electrons. The molecule has 72 valence electrons.